The highest BCUT2D eigenvalue weighted by atomic mass is 16.5. The number of ketones is 1. The number of likely N-dealkylation sites (tertiary alicyclic amines) is 1. The SMILES string of the molecule is C=CCNC(=O)C(=O)C(CCC)NC(=O)[C@@H]1[C@H]2CC(C)(C)O[C@H]2CN1C(=O)[C@@H](NC(=O)N[C@H](C(=O)OCc1ccco1)C(C)C)C(C)(C)C. The van der Waals surface area contributed by atoms with Crippen molar-refractivity contribution in [1.82, 2.24) is 26.2 Å². The monoisotopic (exact) mass is 687 g/mol. The fourth-order valence-electron chi connectivity index (χ4n) is 6.31. The summed E-state index contributed by atoms with van der Waals surface area (Å²) >= 11 is 0. The number of urea groups is 1. The van der Waals surface area contributed by atoms with Gasteiger partial charge in [0.1, 0.15) is 30.5 Å². The summed E-state index contributed by atoms with van der Waals surface area (Å²) in [5, 5.41) is 10.6. The van der Waals surface area contributed by atoms with E-state index < -0.39 is 82.7 Å². The van der Waals surface area contributed by atoms with Crippen LogP contribution in [0.5, 0.6) is 0 Å². The molecule has 3 rings (SSSR count). The maximum absolute atomic E-state index is 14.4. The highest BCUT2D eigenvalue weighted by molar-refractivity contribution is 6.38. The van der Waals surface area contributed by atoms with Crippen molar-refractivity contribution in [1.29, 1.82) is 0 Å². The Morgan fingerprint density at radius 3 is 2.39 bits per heavy atom. The van der Waals surface area contributed by atoms with Crippen molar-refractivity contribution in [3.63, 3.8) is 0 Å². The average molecular weight is 688 g/mol. The van der Waals surface area contributed by atoms with Crippen LogP contribution in [0.1, 0.15) is 80.4 Å². The molecule has 3 heterocycles. The van der Waals surface area contributed by atoms with Crippen LogP contribution >= 0.6 is 0 Å². The molecule has 6 atom stereocenters. The quantitative estimate of drug-likeness (QED) is 0.122. The minimum absolute atomic E-state index is 0.0842. The lowest BCUT2D eigenvalue weighted by Gasteiger charge is -2.37. The van der Waals surface area contributed by atoms with Gasteiger partial charge in [-0.3, -0.25) is 19.2 Å². The average Bonchev–Trinajstić information content (AvgIpc) is 3.73. The number of amides is 5. The van der Waals surface area contributed by atoms with Crippen LogP contribution in [0, 0.1) is 17.3 Å². The number of hydrogen-bond donors (Lipinski definition) is 4. The van der Waals surface area contributed by atoms with E-state index in [1.807, 2.05) is 20.8 Å². The molecule has 0 radical (unpaired) electrons. The van der Waals surface area contributed by atoms with Crippen molar-refractivity contribution >= 4 is 35.5 Å². The Morgan fingerprint density at radius 1 is 1.12 bits per heavy atom. The number of ether oxygens (including phenoxy) is 2. The van der Waals surface area contributed by atoms with Gasteiger partial charge in [-0.2, -0.15) is 0 Å². The van der Waals surface area contributed by atoms with Crippen LogP contribution in [0.4, 0.5) is 4.79 Å². The van der Waals surface area contributed by atoms with Gasteiger partial charge in [0, 0.05) is 19.0 Å². The summed E-state index contributed by atoms with van der Waals surface area (Å²) in [5.41, 5.74) is -1.38. The highest BCUT2D eigenvalue weighted by Crippen LogP contribution is 2.43. The van der Waals surface area contributed by atoms with E-state index >= 15 is 0 Å². The molecule has 1 aromatic heterocycles. The minimum Gasteiger partial charge on any atom is -0.466 e. The predicted molar refractivity (Wildman–Crippen MR) is 180 cm³/mol. The van der Waals surface area contributed by atoms with Crippen LogP contribution in [0.2, 0.25) is 0 Å². The van der Waals surface area contributed by atoms with E-state index in [2.05, 4.69) is 27.8 Å². The van der Waals surface area contributed by atoms with Gasteiger partial charge in [-0.05, 0) is 50.2 Å². The Balaban J connectivity index is 1.83. The van der Waals surface area contributed by atoms with Gasteiger partial charge in [-0.1, -0.05) is 54.0 Å². The lowest BCUT2D eigenvalue weighted by atomic mass is 9.85. The van der Waals surface area contributed by atoms with Crippen molar-refractivity contribution in [2.24, 2.45) is 17.3 Å². The predicted octanol–water partition coefficient (Wildman–Crippen LogP) is 2.61. The summed E-state index contributed by atoms with van der Waals surface area (Å²) in [6, 6.07) is -1.72. The molecule has 2 aliphatic rings. The molecule has 14 heteroatoms. The standard InChI is InChI=1S/C35H53N5O9/c1-10-13-23(27(41)30(43)36-15-11-2)37-29(42)26-22-17-35(8,9)49-24(22)18-40(26)31(44)28(34(5,6)7)39-33(46)38-25(20(3)4)32(45)48-19-21-14-12-16-47-21/h11-12,14,16,20,22-26,28H,2,10,13,15,17-19H2,1,3-9H3,(H,36,43)(H,37,42)(H2,38,39,46)/t22-,23?,24-,25-,26-,28+/m0/s1. The first-order valence-electron chi connectivity index (χ1n) is 16.9. The number of fused-ring (bicyclic) bond motifs is 1. The van der Waals surface area contributed by atoms with E-state index in [1.165, 1.54) is 17.2 Å². The summed E-state index contributed by atoms with van der Waals surface area (Å²) in [4.78, 5) is 81.7. The molecule has 1 unspecified atom stereocenters. The van der Waals surface area contributed by atoms with Gasteiger partial charge >= 0.3 is 12.0 Å². The largest absolute Gasteiger partial charge is 0.466 e. The van der Waals surface area contributed by atoms with E-state index in [4.69, 9.17) is 13.9 Å². The summed E-state index contributed by atoms with van der Waals surface area (Å²) in [5.74, 6) is -3.70. The second kappa shape index (κ2) is 16.5. The van der Waals surface area contributed by atoms with Crippen molar-refractivity contribution in [2.45, 2.75) is 117 Å². The Kier molecular flexibility index (Phi) is 13.2. The number of carbonyl (C=O) groups excluding carboxylic acids is 6. The van der Waals surface area contributed by atoms with Crippen molar-refractivity contribution in [3.05, 3.63) is 36.8 Å². The fourth-order valence-corrected chi connectivity index (χ4v) is 6.31. The second-order valence-electron chi connectivity index (χ2n) is 14.8. The number of nitrogens with one attached hydrogen (secondary N) is 4. The van der Waals surface area contributed by atoms with Crippen LogP contribution in [0.3, 0.4) is 0 Å². The summed E-state index contributed by atoms with van der Waals surface area (Å²) in [6.45, 7) is 18.1. The summed E-state index contributed by atoms with van der Waals surface area (Å²) < 4.78 is 16.8. The number of nitrogens with zero attached hydrogens (tertiary/aromatic N) is 1. The second-order valence-corrected chi connectivity index (χ2v) is 14.8. The highest BCUT2D eigenvalue weighted by Gasteiger charge is 2.56. The molecule has 4 N–H and O–H groups in total. The lowest BCUT2D eigenvalue weighted by Crippen LogP contribution is -2.62. The fraction of sp³-hybridized carbons (Fsp3) is 0.657. The smallest absolute Gasteiger partial charge is 0.329 e. The molecule has 0 bridgehead atoms. The third-order valence-corrected chi connectivity index (χ3v) is 8.72. The maximum atomic E-state index is 14.4. The van der Waals surface area contributed by atoms with Gasteiger partial charge < -0.3 is 40.1 Å². The van der Waals surface area contributed by atoms with Gasteiger partial charge in [0.15, 0.2) is 0 Å². The number of esters is 1. The summed E-state index contributed by atoms with van der Waals surface area (Å²) in [6.07, 6.45) is 3.64. The van der Waals surface area contributed by atoms with E-state index in [9.17, 15) is 28.8 Å². The molecule has 0 aliphatic carbocycles. The molecule has 2 aliphatic heterocycles. The van der Waals surface area contributed by atoms with Crippen LogP contribution in [0.15, 0.2) is 35.5 Å². The molecule has 2 saturated heterocycles. The van der Waals surface area contributed by atoms with Gasteiger partial charge in [0.25, 0.3) is 5.91 Å². The van der Waals surface area contributed by atoms with Crippen LogP contribution in [-0.4, -0.2) is 89.4 Å². The molecule has 5 amide bonds. The van der Waals surface area contributed by atoms with Gasteiger partial charge in [-0.15, -0.1) is 6.58 Å². The van der Waals surface area contributed by atoms with Crippen LogP contribution in [0.25, 0.3) is 0 Å². The lowest BCUT2D eigenvalue weighted by molar-refractivity contribution is -0.149. The van der Waals surface area contributed by atoms with E-state index in [0.29, 0.717) is 18.6 Å². The molecule has 49 heavy (non-hydrogen) atoms. The molecule has 0 spiro atoms. The Labute approximate surface area is 288 Å². The molecule has 14 nitrogen and oxygen atoms in total. The maximum Gasteiger partial charge on any atom is 0.329 e. The zero-order chi connectivity index (χ0) is 36.7. The first-order valence-corrected chi connectivity index (χ1v) is 16.9. The Morgan fingerprint density at radius 2 is 1.82 bits per heavy atom. The van der Waals surface area contributed by atoms with Gasteiger partial charge in [0.2, 0.25) is 17.6 Å². The van der Waals surface area contributed by atoms with E-state index in [0.717, 1.165) is 0 Å². The first-order chi connectivity index (χ1) is 22.9. The summed E-state index contributed by atoms with van der Waals surface area (Å²) in [7, 11) is 0. The third-order valence-electron chi connectivity index (χ3n) is 8.72. The van der Waals surface area contributed by atoms with Gasteiger partial charge in [0.05, 0.1) is 24.0 Å². The number of Topliss-reactive ketones (excluding diaryl/α,β-unsaturated/α-hetero) is 1. The normalized spacial score (nSPS) is 21.6. The Bertz CT molecular complexity index is 1370. The van der Waals surface area contributed by atoms with Crippen molar-refractivity contribution in [3.8, 4) is 0 Å². The zero-order valence-electron chi connectivity index (χ0n) is 29.9. The van der Waals surface area contributed by atoms with Gasteiger partial charge in [-0.25, -0.2) is 9.59 Å². The molecule has 1 aromatic rings. The van der Waals surface area contributed by atoms with E-state index in [1.54, 1.807) is 46.8 Å². The topological polar surface area (TPSA) is 185 Å². The zero-order valence-corrected chi connectivity index (χ0v) is 29.9. The molecular formula is C35H53N5O9. The Hall–Kier alpha value is -4.20. The molecule has 0 saturated carbocycles. The number of carbonyl (C=O) groups is 6. The molecule has 2 fully saturated rings. The minimum atomic E-state index is -1.13. The van der Waals surface area contributed by atoms with E-state index in [-0.39, 0.29) is 32.0 Å². The number of furan rings is 1. The van der Waals surface area contributed by atoms with Crippen molar-refractivity contribution < 1.29 is 42.7 Å². The first kappa shape index (κ1) is 39.2. The number of hydrogen-bond acceptors (Lipinski definition) is 9. The van der Waals surface area contributed by atoms with Crippen LogP contribution in [-0.2, 0) is 40.1 Å². The molecule has 272 valence electrons. The molecule has 0 aromatic carbocycles. The van der Waals surface area contributed by atoms with Crippen molar-refractivity contribution in [2.75, 3.05) is 13.1 Å². The third kappa shape index (κ3) is 10.2. The molecular weight excluding hydrogens is 634 g/mol. The number of rotatable bonds is 15. The van der Waals surface area contributed by atoms with Crippen LogP contribution < -0.4 is 21.3 Å².